The average Bonchev–Trinajstić information content (AvgIpc) is 2.53. The monoisotopic (exact) mass is 289 g/mol. The zero-order chi connectivity index (χ0) is 15.4. The van der Waals surface area contributed by atoms with Gasteiger partial charge in [-0.3, -0.25) is 9.59 Å². The molecule has 114 valence electrons. The van der Waals surface area contributed by atoms with Crippen LogP contribution in [-0.2, 0) is 0 Å². The number of hydrogen-bond acceptors (Lipinski definition) is 3. The molecule has 1 aromatic carbocycles. The van der Waals surface area contributed by atoms with Crippen LogP contribution in [0.4, 0.5) is 0 Å². The predicted octanol–water partition coefficient (Wildman–Crippen LogP) is 1.21. The molecule has 2 amide bonds. The van der Waals surface area contributed by atoms with Gasteiger partial charge in [-0.1, -0.05) is 6.07 Å². The number of nitrogens with one attached hydrogen (secondary N) is 1. The van der Waals surface area contributed by atoms with Gasteiger partial charge in [-0.25, -0.2) is 0 Å². The lowest BCUT2D eigenvalue weighted by Gasteiger charge is -2.34. The van der Waals surface area contributed by atoms with Gasteiger partial charge in [0.05, 0.1) is 0 Å². The van der Waals surface area contributed by atoms with E-state index in [1.54, 1.807) is 36.2 Å². The summed E-state index contributed by atoms with van der Waals surface area (Å²) in [5.41, 5.74) is 1.15. The minimum Gasteiger partial charge on any atom is -0.342 e. The molecule has 0 saturated carbocycles. The zero-order valence-corrected chi connectivity index (χ0v) is 12.9. The van der Waals surface area contributed by atoms with Crippen molar-refractivity contribution in [2.75, 3.05) is 33.2 Å². The van der Waals surface area contributed by atoms with Gasteiger partial charge < -0.3 is 15.1 Å². The van der Waals surface area contributed by atoms with Crippen molar-refractivity contribution in [3.05, 3.63) is 35.4 Å². The maximum atomic E-state index is 12.6. The third-order valence-corrected chi connectivity index (χ3v) is 3.94. The van der Waals surface area contributed by atoms with Gasteiger partial charge in [-0.2, -0.15) is 0 Å². The third kappa shape index (κ3) is 3.42. The van der Waals surface area contributed by atoms with Crippen LogP contribution < -0.4 is 5.32 Å². The number of benzene rings is 1. The highest BCUT2D eigenvalue weighted by Crippen LogP contribution is 2.13. The first-order chi connectivity index (χ1) is 10.0. The van der Waals surface area contributed by atoms with E-state index in [4.69, 9.17) is 0 Å². The quantitative estimate of drug-likeness (QED) is 0.910. The highest BCUT2D eigenvalue weighted by atomic mass is 16.2. The fourth-order valence-electron chi connectivity index (χ4n) is 2.46. The van der Waals surface area contributed by atoms with Gasteiger partial charge in [0.25, 0.3) is 11.8 Å². The Morgan fingerprint density at radius 3 is 2.76 bits per heavy atom. The SMILES string of the molecule is CCN(C)C(=O)c1cccc(C(=O)N2CCNCC2C)c1. The number of carbonyl (C=O) groups is 2. The van der Waals surface area contributed by atoms with Crippen LogP contribution in [0.5, 0.6) is 0 Å². The van der Waals surface area contributed by atoms with Crippen molar-refractivity contribution < 1.29 is 9.59 Å². The van der Waals surface area contributed by atoms with Gasteiger partial charge in [0, 0.05) is 50.4 Å². The molecule has 1 unspecified atom stereocenters. The maximum Gasteiger partial charge on any atom is 0.254 e. The van der Waals surface area contributed by atoms with Crippen LogP contribution in [0.15, 0.2) is 24.3 Å². The topological polar surface area (TPSA) is 52.7 Å². The number of carbonyl (C=O) groups excluding carboxylic acids is 2. The number of nitrogens with zero attached hydrogens (tertiary/aromatic N) is 2. The third-order valence-electron chi connectivity index (χ3n) is 3.94. The summed E-state index contributed by atoms with van der Waals surface area (Å²) in [6.45, 7) is 6.92. The molecular weight excluding hydrogens is 266 g/mol. The molecule has 1 atom stereocenters. The molecule has 0 bridgehead atoms. The molecule has 1 fully saturated rings. The van der Waals surface area contributed by atoms with Crippen LogP contribution in [0.1, 0.15) is 34.6 Å². The van der Waals surface area contributed by atoms with Crippen LogP contribution in [-0.4, -0.2) is 60.9 Å². The molecule has 1 saturated heterocycles. The number of amides is 2. The van der Waals surface area contributed by atoms with Crippen LogP contribution in [0.2, 0.25) is 0 Å². The minimum absolute atomic E-state index is 0.00204. The number of hydrogen-bond donors (Lipinski definition) is 1. The number of rotatable bonds is 3. The fourth-order valence-corrected chi connectivity index (χ4v) is 2.46. The summed E-state index contributed by atoms with van der Waals surface area (Å²) in [4.78, 5) is 28.3. The van der Waals surface area contributed by atoms with E-state index in [0.29, 0.717) is 24.2 Å². The van der Waals surface area contributed by atoms with E-state index in [1.807, 2.05) is 18.7 Å². The van der Waals surface area contributed by atoms with Gasteiger partial charge in [0.2, 0.25) is 0 Å². The molecule has 1 N–H and O–H groups in total. The Hall–Kier alpha value is -1.88. The lowest BCUT2D eigenvalue weighted by atomic mass is 10.1. The summed E-state index contributed by atoms with van der Waals surface area (Å²) < 4.78 is 0. The molecule has 1 aliphatic heterocycles. The van der Waals surface area contributed by atoms with Crippen LogP contribution in [0.25, 0.3) is 0 Å². The molecule has 21 heavy (non-hydrogen) atoms. The Bertz CT molecular complexity index is 530. The van der Waals surface area contributed by atoms with E-state index < -0.39 is 0 Å². The molecule has 2 rings (SSSR count). The summed E-state index contributed by atoms with van der Waals surface area (Å²) in [5.74, 6) is -0.0571. The minimum atomic E-state index is -0.0551. The molecule has 0 aromatic heterocycles. The van der Waals surface area contributed by atoms with Gasteiger partial charge in [0.1, 0.15) is 0 Å². The van der Waals surface area contributed by atoms with Gasteiger partial charge in [-0.15, -0.1) is 0 Å². The fraction of sp³-hybridized carbons (Fsp3) is 0.500. The zero-order valence-electron chi connectivity index (χ0n) is 12.9. The molecule has 0 radical (unpaired) electrons. The van der Waals surface area contributed by atoms with Crippen LogP contribution in [0.3, 0.4) is 0 Å². The molecule has 1 aromatic rings. The summed E-state index contributed by atoms with van der Waals surface area (Å²) in [6, 6.07) is 7.18. The normalized spacial score (nSPS) is 18.4. The first-order valence-corrected chi connectivity index (χ1v) is 7.41. The van der Waals surface area contributed by atoms with E-state index >= 15 is 0 Å². The Morgan fingerprint density at radius 2 is 2.10 bits per heavy atom. The van der Waals surface area contributed by atoms with Crippen molar-refractivity contribution in [3.63, 3.8) is 0 Å². The van der Waals surface area contributed by atoms with E-state index in [-0.39, 0.29) is 17.9 Å². The second kappa shape index (κ2) is 6.72. The molecule has 0 aliphatic carbocycles. The Balaban J connectivity index is 2.20. The van der Waals surface area contributed by atoms with E-state index in [2.05, 4.69) is 5.32 Å². The standard InChI is InChI=1S/C16H23N3O2/c1-4-18(3)15(20)13-6-5-7-14(10-13)16(21)19-9-8-17-11-12(19)2/h5-7,10,12,17H,4,8-9,11H2,1-3H3. The maximum absolute atomic E-state index is 12.6. The van der Waals surface area contributed by atoms with Gasteiger partial charge >= 0.3 is 0 Å². The second-order valence-corrected chi connectivity index (χ2v) is 5.45. The lowest BCUT2D eigenvalue weighted by Crippen LogP contribution is -2.52. The van der Waals surface area contributed by atoms with Crippen molar-refractivity contribution in [2.24, 2.45) is 0 Å². The highest BCUT2D eigenvalue weighted by Gasteiger charge is 2.24. The summed E-state index contributed by atoms with van der Waals surface area (Å²) in [5, 5.41) is 3.27. The molecule has 5 nitrogen and oxygen atoms in total. The van der Waals surface area contributed by atoms with Crippen molar-refractivity contribution in [1.29, 1.82) is 0 Å². The summed E-state index contributed by atoms with van der Waals surface area (Å²) in [7, 11) is 1.76. The van der Waals surface area contributed by atoms with E-state index in [9.17, 15) is 9.59 Å². The highest BCUT2D eigenvalue weighted by molar-refractivity contribution is 5.99. The first kappa shape index (κ1) is 15.5. The molecule has 5 heteroatoms. The molecule has 1 aliphatic rings. The van der Waals surface area contributed by atoms with Crippen molar-refractivity contribution >= 4 is 11.8 Å². The van der Waals surface area contributed by atoms with Crippen LogP contribution >= 0.6 is 0 Å². The van der Waals surface area contributed by atoms with Gasteiger partial charge in [-0.05, 0) is 32.0 Å². The summed E-state index contributed by atoms with van der Waals surface area (Å²) in [6.07, 6.45) is 0. The summed E-state index contributed by atoms with van der Waals surface area (Å²) >= 11 is 0. The largest absolute Gasteiger partial charge is 0.342 e. The predicted molar refractivity (Wildman–Crippen MR) is 82.4 cm³/mol. The van der Waals surface area contributed by atoms with Crippen molar-refractivity contribution in [3.8, 4) is 0 Å². The Morgan fingerprint density at radius 1 is 1.38 bits per heavy atom. The lowest BCUT2D eigenvalue weighted by molar-refractivity contribution is 0.0655. The second-order valence-electron chi connectivity index (χ2n) is 5.45. The molecule has 1 heterocycles. The smallest absolute Gasteiger partial charge is 0.254 e. The van der Waals surface area contributed by atoms with Crippen molar-refractivity contribution in [2.45, 2.75) is 19.9 Å². The Kier molecular flexibility index (Phi) is 4.96. The first-order valence-electron chi connectivity index (χ1n) is 7.41. The molecule has 0 spiro atoms. The average molecular weight is 289 g/mol. The molecular formula is C16H23N3O2. The van der Waals surface area contributed by atoms with Crippen molar-refractivity contribution in [1.82, 2.24) is 15.1 Å². The Labute approximate surface area is 125 Å². The number of piperazine rings is 1. The van der Waals surface area contributed by atoms with E-state index in [1.165, 1.54) is 0 Å². The van der Waals surface area contributed by atoms with E-state index in [0.717, 1.165) is 13.1 Å². The van der Waals surface area contributed by atoms with Gasteiger partial charge in [0.15, 0.2) is 0 Å². The van der Waals surface area contributed by atoms with Crippen LogP contribution in [0, 0.1) is 0 Å².